The van der Waals surface area contributed by atoms with Gasteiger partial charge in [-0.25, -0.2) is 0 Å². The third-order valence-electron chi connectivity index (χ3n) is 5.80. The van der Waals surface area contributed by atoms with Crippen molar-refractivity contribution in [3.05, 3.63) is 119 Å². The van der Waals surface area contributed by atoms with E-state index in [9.17, 15) is 9.59 Å². The number of H-pyrrole nitrogens is 1. The van der Waals surface area contributed by atoms with Gasteiger partial charge in [0.05, 0.1) is 0 Å². The Morgan fingerprint density at radius 3 is 2.38 bits per heavy atom. The van der Waals surface area contributed by atoms with Gasteiger partial charge >= 0.3 is 0 Å². The first-order valence-corrected chi connectivity index (χ1v) is 10.7. The van der Waals surface area contributed by atoms with Gasteiger partial charge in [-0.2, -0.15) is 0 Å². The molecule has 0 spiro atoms. The maximum atomic E-state index is 12.9. The Bertz CT molecular complexity index is 1390. The number of carbonyl (C=O) groups is 2. The van der Waals surface area contributed by atoms with Gasteiger partial charge in [0.2, 0.25) is 0 Å². The van der Waals surface area contributed by atoms with Crippen LogP contribution in [-0.4, -0.2) is 23.2 Å². The second-order valence-corrected chi connectivity index (χ2v) is 7.80. The van der Waals surface area contributed by atoms with Crippen molar-refractivity contribution in [2.45, 2.75) is 6.42 Å². The van der Waals surface area contributed by atoms with E-state index in [4.69, 9.17) is 0 Å². The van der Waals surface area contributed by atoms with E-state index in [1.807, 2.05) is 79.0 Å². The molecule has 2 aliphatic rings. The van der Waals surface area contributed by atoms with Gasteiger partial charge in [-0.15, -0.1) is 0 Å². The standard InChI is InChI=1S/C28H22N2O2/c31-27(20-6-2-1-3-7-20)25-15-12-19-10-11-21(13-14-23(19)25)28(32)29-17-16-22-18-30-26-9-5-4-8-24(22)26/h1-15,18,30H,16-17H2,(H,29,32). The number of amides is 1. The number of aromatic amines is 1. The first kappa shape index (κ1) is 19.8. The van der Waals surface area contributed by atoms with Crippen molar-refractivity contribution in [3.63, 3.8) is 0 Å². The molecule has 0 bridgehead atoms. The summed E-state index contributed by atoms with van der Waals surface area (Å²) in [7, 11) is 0. The zero-order chi connectivity index (χ0) is 21.9. The van der Waals surface area contributed by atoms with E-state index in [0.29, 0.717) is 23.2 Å². The van der Waals surface area contributed by atoms with E-state index >= 15 is 0 Å². The smallest absolute Gasteiger partial charge is 0.251 e. The molecule has 5 rings (SSSR count). The minimum absolute atomic E-state index is 0.0171. The number of benzene rings is 2. The molecule has 0 fully saturated rings. The molecule has 1 aromatic heterocycles. The highest BCUT2D eigenvalue weighted by atomic mass is 16.1. The van der Waals surface area contributed by atoms with E-state index in [-0.39, 0.29) is 11.7 Å². The SMILES string of the molecule is O=C(NCCc1c[nH]c2ccccc12)c1ccc2ccc(C(=O)c3ccccc3)c-2cc1. The molecule has 32 heavy (non-hydrogen) atoms. The van der Waals surface area contributed by atoms with Gasteiger partial charge in [0.15, 0.2) is 5.78 Å². The van der Waals surface area contributed by atoms with Crippen molar-refractivity contribution < 1.29 is 9.59 Å². The molecule has 1 amide bonds. The first-order valence-electron chi connectivity index (χ1n) is 10.7. The van der Waals surface area contributed by atoms with Crippen LogP contribution < -0.4 is 5.32 Å². The largest absolute Gasteiger partial charge is 0.361 e. The van der Waals surface area contributed by atoms with Crippen molar-refractivity contribution in [1.82, 2.24) is 10.3 Å². The van der Waals surface area contributed by atoms with Gasteiger partial charge in [-0.3, -0.25) is 9.59 Å². The van der Waals surface area contributed by atoms with Crippen molar-refractivity contribution in [2.24, 2.45) is 0 Å². The van der Waals surface area contributed by atoms with E-state index in [2.05, 4.69) is 16.4 Å². The number of fused-ring (bicyclic) bond motifs is 2. The molecule has 0 unspecified atom stereocenters. The molecule has 0 radical (unpaired) electrons. The highest BCUT2D eigenvalue weighted by Gasteiger charge is 2.17. The number of aromatic nitrogens is 1. The summed E-state index contributed by atoms with van der Waals surface area (Å²) < 4.78 is 0. The van der Waals surface area contributed by atoms with Crippen LogP contribution in [0.2, 0.25) is 0 Å². The van der Waals surface area contributed by atoms with Gasteiger partial charge in [0.1, 0.15) is 0 Å². The Kier molecular flexibility index (Phi) is 5.26. The lowest BCUT2D eigenvalue weighted by Gasteiger charge is -2.04. The van der Waals surface area contributed by atoms with E-state index < -0.39 is 0 Å². The normalized spacial score (nSPS) is 11.0. The van der Waals surface area contributed by atoms with E-state index in [1.54, 1.807) is 12.1 Å². The average molecular weight is 418 g/mol. The summed E-state index contributed by atoms with van der Waals surface area (Å²) in [4.78, 5) is 28.9. The van der Waals surface area contributed by atoms with Crippen LogP contribution in [0.25, 0.3) is 22.0 Å². The van der Waals surface area contributed by atoms with Crippen LogP contribution in [0, 0.1) is 0 Å². The zero-order valence-corrected chi connectivity index (χ0v) is 17.5. The van der Waals surface area contributed by atoms with E-state index in [0.717, 1.165) is 23.1 Å². The molecule has 0 atom stereocenters. The van der Waals surface area contributed by atoms with Gasteiger partial charge in [0, 0.05) is 40.3 Å². The average Bonchev–Trinajstić information content (AvgIpc) is 3.37. The Morgan fingerprint density at radius 2 is 1.50 bits per heavy atom. The summed E-state index contributed by atoms with van der Waals surface area (Å²) in [6.45, 7) is 0.544. The zero-order valence-electron chi connectivity index (χ0n) is 17.5. The van der Waals surface area contributed by atoms with Crippen LogP contribution in [0.5, 0.6) is 0 Å². The highest BCUT2D eigenvalue weighted by Crippen LogP contribution is 2.29. The summed E-state index contributed by atoms with van der Waals surface area (Å²) in [5, 5.41) is 4.19. The summed E-state index contributed by atoms with van der Waals surface area (Å²) in [6.07, 6.45) is 2.74. The minimum atomic E-state index is -0.126. The maximum absolute atomic E-state index is 12.9. The fraction of sp³-hybridized carbons (Fsp3) is 0.0714. The number of carbonyl (C=O) groups excluding carboxylic acids is 2. The number of rotatable bonds is 6. The lowest BCUT2D eigenvalue weighted by Crippen LogP contribution is -2.25. The Labute approximate surface area is 186 Å². The van der Waals surface area contributed by atoms with Crippen LogP contribution in [0.3, 0.4) is 0 Å². The third kappa shape index (κ3) is 3.79. The van der Waals surface area contributed by atoms with Crippen LogP contribution in [-0.2, 0) is 6.42 Å². The number of ketones is 1. The van der Waals surface area contributed by atoms with Crippen LogP contribution in [0.4, 0.5) is 0 Å². The molecule has 3 aromatic rings. The van der Waals surface area contributed by atoms with Crippen molar-refractivity contribution in [3.8, 4) is 11.1 Å². The minimum Gasteiger partial charge on any atom is -0.361 e. The highest BCUT2D eigenvalue weighted by molar-refractivity contribution is 6.13. The quantitative estimate of drug-likeness (QED) is 0.359. The van der Waals surface area contributed by atoms with Crippen LogP contribution in [0.15, 0.2) is 97.2 Å². The Hall–Kier alpha value is -4.18. The molecular formula is C28H22N2O2. The number of hydrogen-bond donors (Lipinski definition) is 2. The predicted molar refractivity (Wildman–Crippen MR) is 127 cm³/mol. The lowest BCUT2D eigenvalue weighted by atomic mass is 10.0. The molecule has 2 aromatic carbocycles. The van der Waals surface area contributed by atoms with Crippen LogP contribution >= 0.6 is 0 Å². The Balaban J connectivity index is 1.31. The molecule has 1 heterocycles. The summed E-state index contributed by atoms with van der Waals surface area (Å²) >= 11 is 0. The summed E-state index contributed by atoms with van der Waals surface area (Å²) in [5.41, 5.74) is 5.93. The number of nitrogens with one attached hydrogen (secondary N) is 2. The van der Waals surface area contributed by atoms with Crippen molar-refractivity contribution >= 4 is 22.6 Å². The summed E-state index contributed by atoms with van der Waals surface area (Å²) in [5.74, 6) is -0.144. The molecule has 4 nitrogen and oxygen atoms in total. The van der Waals surface area contributed by atoms with Gasteiger partial charge < -0.3 is 10.3 Å². The maximum Gasteiger partial charge on any atom is 0.251 e. The third-order valence-corrected chi connectivity index (χ3v) is 5.80. The molecule has 4 heteroatoms. The molecule has 2 N–H and O–H groups in total. The van der Waals surface area contributed by atoms with Crippen LogP contribution in [0.1, 0.15) is 31.8 Å². The van der Waals surface area contributed by atoms with Gasteiger partial charge in [-0.05, 0) is 47.4 Å². The molecule has 0 saturated heterocycles. The predicted octanol–water partition coefficient (Wildman–Crippen LogP) is 5.48. The van der Waals surface area contributed by atoms with Crippen molar-refractivity contribution in [1.29, 1.82) is 0 Å². The molecule has 0 aliphatic heterocycles. The first-order chi connectivity index (χ1) is 15.7. The Morgan fingerprint density at radius 1 is 0.750 bits per heavy atom. The molecule has 156 valence electrons. The number of para-hydroxylation sites is 1. The summed E-state index contributed by atoms with van der Waals surface area (Å²) in [6, 6.07) is 28.5. The van der Waals surface area contributed by atoms with Crippen molar-refractivity contribution in [2.75, 3.05) is 6.54 Å². The topological polar surface area (TPSA) is 62.0 Å². The lowest BCUT2D eigenvalue weighted by molar-refractivity contribution is 0.0953. The fourth-order valence-electron chi connectivity index (χ4n) is 4.09. The van der Waals surface area contributed by atoms with Gasteiger partial charge in [0.25, 0.3) is 5.91 Å². The van der Waals surface area contributed by atoms with E-state index in [1.165, 1.54) is 10.9 Å². The monoisotopic (exact) mass is 418 g/mol. The number of hydrogen-bond acceptors (Lipinski definition) is 2. The second kappa shape index (κ2) is 8.52. The molecule has 2 aliphatic carbocycles. The molecular weight excluding hydrogens is 396 g/mol. The fourth-order valence-corrected chi connectivity index (χ4v) is 4.09. The van der Waals surface area contributed by atoms with Gasteiger partial charge in [-0.1, -0.05) is 66.7 Å². The second-order valence-electron chi connectivity index (χ2n) is 7.80. The molecule has 0 saturated carbocycles.